The van der Waals surface area contributed by atoms with Gasteiger partial charge in [0.15, 0.2) is 5.16 Å². The molecular formula is C23H23FN4O3S2. The summed E-state index contributed by atoms with van der Waals surface area (Å²) in [6, 6.07) is 13.1. The zero-order valence-electron chi connectivity index (χ0n) is 18.0. The number of halogens is 1. The number of allylic oxidation sites excluding steroid dienone is 1. The molecule has 0 atom stereocenters. The van der Waals surface area contributed by atoms with E-state index in [-0.39, 0.29) is 23.0 Å². The number of carbonyl (C=O) groups excluding carboxylic acids is 2. The summed E-state index contributed by atoms with van der Waals surface area (Å²) in [5.41, 5.74) is 1.70. The van der Waals surface area contributed by atoms with E-state index >= 15 is 0 Å². The molecule has 3 rings (SSSR count). The monoisotopic (exact) mass is 486 g/mol. The Morgan fingerprint density at radius 2 is 1.91 bits per heavy atom. The quantitative estimate of drug-likeness (QED) is 0.242. The molecule has 0 spiro atoms. The van der Waals surface area contributed by atoms with Crippen molar-refractivity contribution in [3.63, 3.8) is 0 Å². The number of carbonyl (C=O) groups is 2. The second-order valence-corrected chi connectivity index (χ2v) is 8.72. The fourth-order valence-electron chi connectivity index (χ4n) is 2.88. The molecule has 0 fully saturated rings. The van der Waals surface area contributed by atoms with Gasteiger partial charge in [0.05, 0.1) is 29.9 Å². The molecule has 7 nitrogen and oxygen atoms in total. The molecule has 1 N–H and O–H groups in total. The zero-order chi connectivity index (χ0) is 23.6. The summed E-state index contributed by atoms with van der Waals surface area (Å²) in [5, 5.41) is 11.8. The molecule has 3 aromatic rings. The largest absolute Gasteiger partial charge is 0.465 e. The summed E-state index contributed by atoms with van der Waals surface area (Å²) >= 11 is 2.89. The van der Waals surface area contributed by atoms with Crippen LogP contribution in [-0.2, 0) is 27.6 Å². The number of esters is 1. The van der Waals surface area contributed by atoms with E-state index in [0.717, 1.165) is 11.4 Å². The normalized spacial score (nSPS) is 10.6. The summed E-state index contributed by atoms with van der Waals surface area (Å²) in [4.78, 5) is 24.4. The van der Waals surface area contributed by atoms with Crippen molar-refractivity contribution >= 4 is 41.1 Å². The summed E-state index contributed by atoms with van der Waals surface area (Å²) in [6.07, 6.45) is 1.74. The van der Waals surface area contributed by atoms with E-state index in [9.17, 15) is 14.0 Å². The first kappa shape index (κ1) is 24.5. The number of nitrogens with one attached hydrogen (secondary N) is 1. The van der Waals surface area contributed by atoms with Crippen LogP contribution in [-0.4, -0.2) is 39.5 Å². The van der Waals surface area contributed by atoms with Gasteiger partial charge >= 0.3 is 5.97 Å². The van der Waals surface area contributed by atoms with E-state index in [4.69, 9.17) is 4.74 Å². The highest BCUT2D eigenvalue weighted by molar-refractivity contribution is 7.99. The number of amides is 1. The van der Waals surface area contributed by atoms with Gasteiger partial charge in [-0.2, -0.15) is 0 Å². The molecule has 0 saturated heterocycles. The maximum absolute atomic E-state index is 13.0. The van der Waals surface area contributed by atoms with Gasteiger partial charge in [-0.05, 0) is 29.8 Å². The minimum atomic E-state index is -0.521. The van der Waals surface area contributed by atoms with Crippen molar-refractivity contribution in [3.8, 4) is 0 Å². The Kier molecular flexibility index (Phi) is 9.08. The van der Waals surface area contributed by atoms with Crippen LogP contribution in [0.5, 0.6) is 0 Å². The average Bonchev–Trinajstić information content (AvgIpc) is 3.20. The summed E-state index contributed by atoms with van der Waals surface area (Å²) in [7, 11) is 1.29. The Hall–Kier alpha value is -3.11. The van der Waals surface area contributed by atoms with Crippen molar-refractivity contribution in [1.82, 2.24) is 14.8 Å². The number of thioether (sulfide) groups is 2. The van der Waals surface area contributed by atoms with Crippen LogP contribution in [0, 0.1) is 5.82 Å². The van der Waals surface area contributed by atoms with Crippen LogP contribution in [0.1, 0.15) is 21.7 Å². The first-order valence-electron chi connectivity index (χ1n) is 9.97. The van der Waals surface area contributed by atoms with E-state index in [0.29, 0.717) is 28.9 Å². The first-order chi connectivity index (χ1) is 16.0. The second-order valence-electron chi connectivity index (χ2n) is 6.79. The number of rotatable bonds is 11. The first-order valence-corrected chi connectivity index (χ1v) is 12.1. The lowest BCUT2D eigenvalue weighted by atomic mass is 10.2. The lowest BCUT2D eigenvalue weighted by Crippen LogP contribution is -2.17. The van der Waals surface area contributed by atoms with E-state index in [2.05, 4.69) is 22.1 Å². The molecule has 10 heteroatoms. The van der Waals surface area contributed by atoms with Crippen LogP contribution in [0.15, 0.2) is 66.3 Å². The molecule has 0 aliphatic carbocycles. The number of methoxy groups -OCH3 is 1. The molecular weight excluding hydrogens is 463 g/mol. The van der Waals surface area contributed by atoms with E-state index in [1.807, 2.05) is 4.57 Å². The molecule has 0 unspecified atom stereocenters. The molecule has 0 radical (unpaired) electrons. The minimum absolute atomic E-state index is 0.0908. The Morgan fingerprint density at radius 1 is 1.15 bits per heavy atom. The second kappa shape index (κ2) is 12.2. The molecule has 1 heterocycles. The minimum Gasteiger partial charge on any atom is -0.465 e. The third kappa shape index (κ3) is 6.93. The zero-order valence-corrected chi connectivity index (χ0v) is 19.6. The van der Waals surface area contributed by atoms with Gasteiger partial charge in [0.1, 0.15) is 11.6 Å². The SMILES string of the molecule is C=CCn1c(CSCc2ccc(F)cc2)nnc1SCC(=O)Nc1ccccc1C(=O)OC. The molecule has 172 valence electrons. The third-order valence-corrected chi connectivity index (χ3v) is 6.42. The number of para-hydroxylation sites is 1. The van der Waals surface area contributed by atoms with Crippen LogP contribution < -0.4 is 5.32 Å². The van der Waals surface area contributed by atoms with Gasteiger partial charge in [-0.25, -0.2) is 9.18 Å². The van der Waals surface area contributed by atoms with Crippen LogP contribution in [0.25, 0.3) is 0 Å². The van der Waals surface area contributed by atoms with Gasteiger partial charge in [-0.1, -0.05) is 42.1 Å². The lowest BCUT2D eigenvalue weighted by Gasteiger charge is -2.10. The number of nitrogens with zero attached hydrogens (tertiary/aromatic N) is 3. The van der Waals surface area contributed by atoms with E-state index < -0.39 is 5.97 Å². The fraction of sp³-hybridized carbons (Fsp3) is 0.217. The van der Waals surface area contributed by atoms with Crippen LogP contribution in [0.4, 0.5) is 10.1 Å². The lowest BCUT2D eigenvalue weighted by molar-refractivity contribution is -0.113. The molecule has 1 amide bonds. The summed E-state index contributed by atoms with van der Waals surface area (Å²) < 4.78 is 19.7. The molecule has 0 aliphatic heterocycles. The number of hydrogen-bond acceptors (Lipinski definition) is 7. The van der Waals surface area contributed by atoms with Crippen LogP contribution in [0.3, 0.4) is 0 Å². The standard InChI is InChI=1S/C23H23FN4O3S2/c1-3-12-28-20(14-32-13-16-8-10-17(24)11-9-16)26-27-23(28)33-15-21(29)25-19-7-5-4-6-18(19)22(30)31-2/h3-11H,1,12-15H2,2H3,(H,25,29). The average molecular weight is 487 g/mol. The van der Waals surface area contributed by atoms with E-state index in [1.165, 1.54) is 31.0 Å². The molecule has 0 aliphatic rings. The third-order valence-electron chi connectivity index (χ3n) is 4.46. The number of ether oxygens (including phenoxy) is 1. The van der Waals surface area contributed by atoms with Gasteiger partial charge in [0.25, 0.3) is 0 Å². The predicted octanol–water partition coefficient (Wildman–Crippen LogP) is 4.55. The topological polar surface area (TPSA) is 86.1 Å². The Labute approximate surface area is 199 Å². The van der Waals surface area contributed by atoms with Crippen molar-refractivity contribution in [3.05, 3.63) is 84.0 Å². The smallest absolute Gasteiger partial charge is 0.339 e. The maximum Gasteiger partial charge on any atom is 0.339 e. The van der Waals surface area contributed by atoms with Crippen LogP contribution >= 0.6 is 23.5 Å². The molecule has 33 heavy (non-hydrogen) atoms. The number of hydrogen-bond donors (Lipinski definition) is 1. The number of aromatic nitrogens is 3. The number of anilines is 1. The van der Waals surface area contributed by atoms with Gasteiger partial charge < -0.3 is 14.6 Å². The van der Waals surface area contributed by atoms with Crippen molar-refractivity contribution < 1.29 is 18.7 Å². The highest BCUT2D eigenvalue weighted by Crippen LogP contribution is 2.23. The Morgan fingerprint density at radius 3 is 2.64 bits per heavy atom. The molecule has 2 aromatic carbocycles. The fourth-order valence-corrected chi connectivity index (χ4v) is 4.58. The highest BCUT2D eigenvalue weighted by Gasteiger charge is 2.16. The number of benzene rings is 2. The van der Waals surface area contributed by atoms with Gasteiger partial charge in [0.2, 0.25) is 5.91 Å². The van der Waals surface area contributed by atoms with Gasteiger partial charge in [-0.15, -0.1) is 28.5 Å². The van der Waals surface area contributed by atoms with Crippen molar-refractivity contribution in [1.29, 1.82) is 0 Å². The van der Waals surface area contributed by atoms with Crippen molar-refractivity contribution in [2.75, 3.05) is 18.2 Å². The molecule has 0 saturated carbocycles. The van der Waals surface area contributed by atoms with E-state index in [1.54, 1.807) is 54.2 Å². The summed E-state index contributed by atoms with van der Waals surface area (Å²) in [5.74, 6) is 1.12. The Balaban J connectivity index is 1.59. The van der Waals surface area contributed by atoms with Crippen molar-refractivity contribution in [2.24, 2.45) is 0 Å². The van der Waals surface area contributed by atoms with Crippen molar-refractivity contribution in [2.45, 2.75) is 23.2 Å². The maximum atomic E-state index is 13.0. The summed E-state index contributed by atoms with van der Waals surface area (Å²) in [6.45, 7) is 4.30. The Bertz CT molecular complexity index is 1120. The highest BCUT2D eigenvalue weighted by atomic mass is 32.2. The van der Waals surface area contributed by atoms with Crippen LogP contribution in [0.2, 0.25) is 0 Å². The van der Waals surface area contributed by atoms with Gasteiger partial charge in [0, 0.05) is 12.3 Å². The predicted molar refractivity (Wildman–Crippen MR) is 129 cm³/mol. The molecule has 1 aromatic heterocycles. The molecule has 0 bridgehead atoms. The van der Waals surface area contributed by atoms with Gasteiger partial charge in [-0.3, -0.25) is 4.79 Å².